The zero-order valence-corrected chi connectivity index (χ0v) is 15.2. The molecule has 0 aliphatic carbocycles. The molecule has 0 N–H and O–H groups in total. The minimum Gasteiger partial charge on any atom is -0.497 e. The number of esters is 1. The Bertz CT molecular complexity index is 844. The average Bonchev–Trinajstić information content (AvgIpc) is 3.01. The molecule has 1 heterocycles. The lowest BCUT2D eigenvalue weighted by Crippen LogP contribution is -2.06. The normalized spacial score (nSPS) is 15.1. The average molecular weight is 360 g/mol. The fraction of sp³-hybridized carbons (Fsp3) is 0.316. The molecule has 0 aromatic heterocycles. The van der Waals surface area contributed by atoms with Crippen molar-refractivity contribution in [2.45, 2.75) is 6.10 Å². The smallest absolute Gasteiger partial charge is 0.339 e. The van der Waals surface area contributed by atoms with E-state index in [1.807, 2.05) is 0 Å². The van der Waals surface area contributed by atoms with Crippen molar-refractivity contribution in [1.82, 2.24) is 0 Å². The first-order valence-electron chi connectivity index (χ1n) is 7.85. The molecule has 0 amide bonds. The molecule has 7 heteroatoms. The fourth-order valence-corrected chi connectivity index (χ4v) is 3.10. The van der Waals surface area contributed by atoms with Crippen LogP contribution in [0.15, 0.2) is 24.3 Å². The zero-order chi connectivity index (χ0) is 18.8. The van der Waals surface area contributed by atoms with E-state index in [0.29, 0.717) is 45.4 Å². The Morgan fingerprint density at radius 2 is 1.50 bits per heavy atom. The van der Waals surface area contributed by atoms with Gasteiger partial charge in [-0.2, -0.15) is 0 Å². The Labute approximate surface area is 151 Å². The third-order valence-corrected chi connectivity index (χ3v) is 4.29. The summed E-state index contributed by atoms with van der Waals surface area (Å²) in [6.07, 6.45) is -0.725. The van der Waals surface area contributed by atoms with E-state index < -0.39 is 12.1 Å². The Morgan fingerprint density at radius 3 is 2.08 bits per heavy atom. The van der Waals surface area contributed by atoms with Gasteiger partial charge < -0.3 is 28.4 Å². The number of cyclic esters (lactones) is 1. The van der Waals surface area contributed by atoms with E-state index >= 15 is 0 Å². The number of carbonyl (C=O) groups is 1. The summed E-state index contributed by atoms with van der Waals surface area (Å²) >= 11 is 0. The number of ether oxygens (including phenoxy) is 6. The predicted molar refractivity (Wildman–Crippen MR) is 92.9 cm³/mol. The third-order valence-electron chi connectivity index (χ3n) is 4.29. The molecule has 1 aliphatic rings. The van der Waals surface area contributed by atoms with Crippen LogP contribution in [-0.4, -0.2) is 41.5 Å². The van der Waals surface area contributed by atoms with Gasteiger partial charge in [0, 0.05) is 5.56 Å². The Hall–Kier alpha value is -3.09. The molecule has 138 valence electrons. The first kappa shape index (κ1) is 17.7. The van der Waals surface area contributed by atoms with Gasteiger partial charge in [-0.1, -0.05) is 0 Å². The Morgan fingerprint density at radius 1 is 0.808 bits per heavy atom. The van der Waals surface area contributed by atoms with E-state index in [2.05, 4.69) is 0 Å². The maximum absolute atomic E-state index is 12.5. The van der Waals surface area contributed by atoms with Gasteiger partial charge in [-0.15, -0.1) is 0 Å². The first-order chi connectivity index (χ1) is 12.6. The quantitative estimate of drug-likeness (QED) is 0.733. The van der Waals surface area contributed by atoms with E-state index in [1.165, 1.54) is 21.3 Å². The monoisotopic (exact) mass is 360 g/mol. The highest BCUT2D eigenvalue weighted by Crippen LogP contribution is 2.51. The van der Waals surface area contributed by atoms with Crippen LogP contribution in [0.25, 0.3) is 0 Å². The van der Waals surface area contributed by atoms with Crippen molar-refractivity contribution in [3.05, 3.63) is 41.0 Å². The van der Waals surface area contributed by atoms with Crippen molar-refractivity contribution in [2.75, 3.05) is 35.5 Å². The van der Waals surface area contributed by atoms with Crippen LogP contribution in [0.4, 0.5) is 0 Å². The molecule has 0 saturated carbocycles. The lowest BCUT2D eigenvalue weighted by Gasteiger charge is -2.19. The minimum absolute atomic E-state index is 0.356. The molecule has 0 spiro atoms. The lowest BCUT2D eigenvalue weighted by atomic mass is 9.96. The van der Waals surface area contributed by atoms with E-state index in [1.54, 1.807) is 38.5 Å². The second-order valence-corrected chi connectivity index (χ2v) is 5.50. The number of fused-ring (bicyclic) bond motifs is 1. The number of hydrogen-bond donors (Lipinski definition) is 0. The van der Waals surface area contributed by atoms with Crippen LogP contribution < -0.4 is 23.7 Å². The van der Waals surface area contributed by atoms with Crippen LogP contribution in [0, 0.1) is 0 Å². The number of carbonyl (C=O) groups excluding carboxylic acids is 1. The van der Waals surface area contributed by atoms with Crippen molar-refractivity contribution in [2.24, 2.45) is 0 Å². The van der Waals surface area contributed by atoms with Gasteiger partial charge in [0.2, 0.25) is 5.75 Å². The van der Waals surface area contributed by atoms with Crippen LogP contribution >= 0.6 is 0 Å². The van der Waals surface area contributed by atoms with Crippen molar-refractivity contribution in [3.63, 3.8) is 0 Å². The molecule has 26 heavy (non-hydrogen) atoms. The Balaban J connectivity index is 2.26. The molecular weight excluding hydrogens is 340 g/mol. The van der Waals surface area contributed by atoms with Gasteiger partial charge in [-0.25, -0.2) is 4.79 Å². The zero-order valence-electron chi connectivity index (χ0n) is 15.2. The summed E-state index contributed by atoms with van der Waals surface area (Å²) in [7, 11) is 7.61. The molecule has 2 aromatic rings. The Kier molecular flexibility index (Phi) is 4.79. The van der Waals surface area contributed by atoms with Gasteiger partial charge in [0.15, 0.2) is 17.6 Å². The molecule has 2 aromatic carbocycles. The maximum Gasteiger partial charge on any atom is 0.339 e. The molecule has 3 rings (SSSR count). The summed E-state index contributed by atoms with van der Waals surface area (Å²) in [5.74, 6) is 1.85. The third kappa shape index (κ3) is 2.65. The molecule has 7 nitrogen and oxygen atoms in total. The molecular formula is C19H20O7. The SMILES string of the molecule is COc1ccc(OC)c(C2OC(=O)c3cc(OC)c(OC)c(OC)c32)c1. The molecule has 0 radical (unpaired) electrons. The number of methoxy groups -OCH3 is 5. The molecule has 1 atom stereocenters. The summed E-state index contributed by atoms with van der Waals surface area (Å²) in [5.41, 5.74) is 1.56. The summed E-state index contributed by atoms with van der Waals surface area (Å²) in [6, 6.07) is 6.88. The standard InChI is InChI=1S/C19H20O7/c1-21-10-6-7-13(22-2)11(8-10)16-15-12(19(20)26-16)9-14(23-3)17(24-4)18(15)25-5/h6-9,16H,1-5H3. The van der Waals surface area contributed by atoms with Crippen molar-refractivity contribution < 1.29 is 33.2 Å². The van der Waals surface area contributed by atoms with Crippen molar-refractivity contribution in [1.29, 1.82) is 0 Å². The highest BCUT2D eigenvalue weighted by atomic mass is 16.6. The molecule has 0 bridgehead atoms. The fourth-order valence-electron chi connectivity index (χ4n) is 3.10. The highest BCUT2D eigenvalue weighted by molar-refractivity contribution is 5.97. The van der Waals surface area contributed by atoms with Crippen LogP contribution in [-0.2, 0) is 4.74 Å². The second kappa shape index (κ2) is 7.03. The highest BCUT2D eigenvalue weighted by Gasteiger charge is 2.40. The van der Waals surface area contributed by atoms with E-state index in [0.717, 1.165) is 0 Å². The summed E-state index contributed by atoms with van der Waals surface area (Å²) in [5, 5.41) is 0. The van der Waals surface area contributed by atoms with E-state index in [-0.39, 0.29) is 0 Å². The number of rotatable bonds is 6. The number of hydrogen-bond acceptors (Lipinski definition) is 7. The molecule has 1 unspecified atom stereocenters. The summed E-state index contributed by atoms with van der Waals surface area (Å²) in [6.45, 7) is 0. The largest absolute Gasteiger partial charge is 0.497 e. The van der Waals surface area contributed by atoms with Crippen LogP contribution in [0.1, 0.15) is 27.6 Å². The van der Waals surface area contributed by atoms with Crippen LogP contribution in [0.3, 0.4) is 0 Å². The van der Waals surface area contributed by atoms with Crippen LogP contribution in [0.2, 0.25) is 0 Å². The van der Waals surface area contributed by atoms with E-state index in [4.69, 9.17) is 28.4 Å². The van der Waals surface area contributed by atoms with Crippen LogP contribution in [0.5, 0.6) is 28.7 Å². The predicted octanol–water partition coefficient (Wildman–Crippen LogP) is 2.99. The molecule has 0 fully saturated rings. The number of benzene rings is 2. The van der Waals surface area contributed by atoms with Gasteiger partial charge in [-0.3, -0.25) is 0 Å². The van der Waals surface area contributed by atoms with Gasteiger partial charge in [0.1, 0.15) is 11.5 Å². The molecule has 0 saturated heterocycles. The van der Waals surface area contributed by atoms with E-state index in [9.17, 15) is 4.79 Å². The molecule has 1 aliphatic heterocycles. The topological polar surface area (TPSA) is 72.5 Å². The summed E-state index contributed by atoms with van der Waals surface area (Å²) in [4.78, 5) is 12.5. The van der Waals surface area contributed by atoms with Crippen molar-refractivity contribution >= 4 is 5.97 Å². The minimum atomic E-state index is -0.725. The van der Waals surface area contributed by atoms with Crippen molar-refractivity contribution in [3.8, 4) is 28.7 Å². The van der Waals surface area contributed by atoms with Gasteiger partial charge in [0.05, 0.1) is 46.7 Å². The van der Waals surface area contributed by atoms with Gasteiger partial charge in [-0.05, 0) is 24.3 Å². The van der Waals surface area contributed by atoms with Gasteiger partial charge >= 0.3 is 5.97 Å². The maximum atomic E-state index is 12.5. The first-order valence-corrected chi connectivity index (χ1v) is 7.85. The second-order valence-electron chi connectivity index (χ2n) is 5.50. The van der Waals surface area contributed by atoms with Gasteiger partial charge in [0.25, 0.3) is 0 Å². The summed E-state index contributed by atoms with van der Waals surface area (Å²) < 4.78 is 32.7. The lowest BCUT2D eigenvalue weighted by molar-refractivity contribution is 0.0450.